The molecule has 1 rings (SSSR count). The Hall–Kier alpha value is -0.900. The van der Waals surface area contributed by atoms with Gasteiger partial charge in [0.25, 0.3) is 6.08 Å². The minimum Gasteiger partial charge on any atom is -0.237 e. The zero-order chi connectivity index (χ0) is 9.84. The SMILES string of the molecule is FC(F)=CC(F)c1ccccc1S. The summed E-state index contributed by atoms with van der Waals surface area (Å²) in [5.41, 5.74) is 0.152. The standard InChI is InChI=1S/C9H7F3S/c10-7(5-9(11)12)6-3-1-2-4-8(6)13/h1-5,7,13H. The van der Waals surface area contributed by atoms with Crippen molar-refractivity contribution in [3.63, 3.8) is 0 Å². The first kappa shape index (κ1) is 10.2. The summed E-state index contributed by atoms with van der Waals surface area (Å²) in [6.45, 7) is 0. The molecule has 0 amide bonds. The molecule has 4 heteroatoms. The van der Waals surface area contributed by atoms with Crippen molar-refractivity contribution in [2.75, 3.05) is 0 Å². The van der Waals surface area contributed by atoms with Gasteiger partial charge < -0.3 is 0 Å². The molecule has 0 N–H and O–H groups in total. The highest BCUT2D eigenvalue weighted by Gasteiger charge is 2.10. The number of hydrogen-bond donors (Lipinski definition) is 1. The first-order chi connectivity index (χ1) is 6.11. The van der Waals surface area contributed by atoms with Crippen molar-refractivity contribution in [2.45, 2.75) is 11.1 Å². The molecule has 1 unspecified atom stereocenters. The molecule has 0 heterocycles. The Morgan fingerprint density at radius 2 is 1.92 bits per heavy atom. The zero-order valence-corrected chi connectivity index (χ0v) is 7.44. The average molecular weight is 204 g/mol. The van der Waals surface area contributed by atoms with E-state index in [4.69, 9.17) is 0 Å². The molecule has 0 saturated heterocycles. The second-order valence-corrected chi connectivity index (χ2v) is 2.90. The number of thiol groups is 1. The van der Waals surface area contributed by atoms with Crippen LogP contribution in [0, 0.1) is 0 Å². The highest BCUT2D eigenvalue weighted by molar-refractivity contribution is 7.80. The summed E-state index contributed by atoms with van der Waals surface area (Å²) in [5.74, 6) is 0. The van der Waals surface area contributed by atoms with Gasteiger partial charge in [0.2, 0.25) is 0 Å². The molecule has 0 saturated carbocycles. The molecule has 0 bridgehead atoms. The largest absolute Gasteiger partial charge is 0.269 e. The Bertz CT molecular complexity index is 318. The van der Waals surface area contributed by atoms with Crippen LogP contribution in [0.2, 0.25) is 0 Å². The Morgan fingerprint density at radius 3 is 2.46 bits per heavy atom. The van der Waals surface area contributed by atoms with Crippen LogP contribution in [0.5, 0.6) is 0 Å². The van der Waals surface area contributed by atoms with E-state index in [0.29, 0.717) is 4.90 Å². The quantitative estimate of drug-likeness (QED) is 0.696. The average Bonchev–Trinajstić information content (AvgIpc) is 2.03. The number of rotatable bonds is 2. The molecule has 0 aromatic heterocycles. The smallest absolute Gasteiger partial charge is 0.237 e. The fourth-order valence-electron chi connectivity index (χ4n) is 0.921. The lowest BCUT2D eigenvalue weighted by Crippen LogP contribution is -1.89. The van der Waals surface area contributed by atoms with E-state index < -0.39 is 12.3 Å². The molecule has 1 atom stereocenters. The van der Waals surface area contributed by atoms with Gasteiger partial charge in [0.15, 0.2) is 0 Å². The molecule has 0 aliphatic carbocycles. The maximum absolute atomic E-state index is 13.0. The van der Waals surface area contributed by atoms with E-state index in [9.17, 15) is 13.2 Å². The van der Waals surface area contributed by atoms with Crippen LogP contribution in [-0.2, 0) is 0 Å². The lowest BCUT2D eigenvalue weighted by Gasteiger charge is -2.05. The molecule has 70 valence electrons. The summed E-state index contributed by atoms with van der Waals surface area (Å²) >= 11 is 3.95. The maximum atomic E-state index is 13.0. The van der Waals surface area contributed by atoms with Gasteiger partial charge in [0, 0.05) is 16.5 Å². The molecule has 13 heavy (non-hydrogen) atoms. The summed E-state index contributed by atoms with van der Waals surface area (Å²) in [6.07, 6.45) is -3.56. The number of hydrogen-bond acceptors (Lipinski definition) is 1. The topological polar surface area (TPSA) is 0 Å². The van der Waals surface area contributed by atoms with Crippen molar-refractivity contribution < 1.29 is 13.2 Å². The minimum atomic E-state index is -2.02. The van der Waals surface area contributed by atoms with E-state index in [1.807, 2.05) is 0 Å². The number of halogens is 3. The molecule has 0 aliphatic heterocycles. The zero-order valence-electron chi connectivity index (χ0n) is 6.55. The van der Waals surface area contributed by atoms with E-state index in [2.05, 4.69) is 12.6 Å². The third-order valence-electron chi connectivity index (χ3n) is 1.51. The minimum absolute atomic E-state index is 0.152. The summed E-state index contributed by atoms with van der Waals surface area (Å²) in [6, 6.07) is 6.21. The number of allylic oxidation sites excluding steroid dienone is 1. The molecule has 0 aliphatic rings. The third kappa shape index (κ3) is 2.81. The first-order valence-corrected chi connectivity index (χ1v) is 4.01. The Labute approximate surface area is 79.5 Å². The Morgan fingerprint density at radius 1 is 1.31 bits per heavy atom. The monoisotopic (exact) mass is 204 g/mol. The summed E-state index contributed by atoms with van der Waals surface area (Å²) in [4.78, 5) is 0.368. The molecule has 1 aromatic rings. The fourth-order valence-corrected chi connectivity index (χ4v) is 1.21. The predicted molar refractivity (Wildman–Crippen MR) is 47.8 cm³/mol. The van der Waals surface area contributed by atoms with Crippen LogP contribution in [-0.4, -0.2) is 0 Å². The van der Waals surface area contributed by atoms with Gasteiger partial charge in [-0.15, -0.1) is 12.6 Å². The highest BCUT2D eigenvalue weighted by atomic mass is 32.1. The second kappa shape index (κ2) is 4.37. The first-order valence-electron chi connectivity index (χ1n) is 3.56. The summed E-state index contributed by atoms with van der Waals surface area (Å²) < 4.78 is 36.4. The molecular weight excluding hydrogens is 197 g/mol. The van der Waals surface area contributed by atoms with Crippen LogP contribution in [0.1, 0.15) is 11.7 Å². The number of alkyl halides is 1. The van der Waals surface area contributed by atoms with E-state index in [1.165, 1.54) is 6.07 Å². The van der Waals surface area contributed by atoms with Crippen molar-refractivity contribution in [2.24, 2.45) is 0 Å². The van der Waals surface area contributed by atoms with Gasteiger partial charge in [0.1, 0.15) is 6.17 Å². The van der Waals surface area contributed by atoms with E-state index in [1.54, 1.807) is 18.2 Å². The van der Waals surface area contributed by atoms with Crippen LogP contribution in [0.25, 0.3) is 0 Å². The lowest BCUT2D eigenvalue weighted by molar-refractivity contribution is 0.365. The van der Waals surface area contributed by atoms with Crippen LogP contribution < -0.4 is 0 Å². The molecule has 0 fully saturated rings. The second-order valence-electron chi connectivity index (χ2n) is 2.42. The normalized spacial score (nSPS) is 12.3. The van der Waals surface area contributed by atoms with Crippen LogP contribution in [0.3, 0.4) is 0 Å². The van der Waals surface area contributed by atoms with E-state index in [-0.39, 0.29) is 11.6 Å². The van der Waals surface area contributed by atoms with Gasteiger partial charge in [-0.05, 0) is 6.07 Å². The molecule has 0 radical (unpaired) electrons. The summed E-state index contributed by atoms with van der Waals surface area (Å²) in [5, 5.41) is 0. The molecule has 0 nitrogen and oxygen atoms in total. The predicted octanol–water partition coefficient (Wildman–Crippen LogP) is 3.77. The van der Waals surface area contributed by atoms with Gasteiger partial charge in [-0.25, -0.2) is 4.39 Å². The Balaban J connectivity index is 2.95. The molecule has 1 aromatic carbocycles. The van der Waals surface area contributed by atoms with Crippen molar-refractivity contribution in [3.05, 3.63) is 42.0 Å². The van der Waals surface area contributed by atoms with Gasteiger partial charge in [0.05, 0.1) is 0 Å². The molecule has 0 spiro atoms. The molecular formula is C9H7F3S. The van der Waals surface area contributed by atoms with E-state index >= 15 is 0 Å². The summed E-state index contributed by atoms with van der Waals surface area (Å²) in [7, 11) is 0. The van der Waals surface area contributed by atoms with Crippen LogP contribution in [0.4, 0.5) is 13.2 Å². The fraction of sp³-hybridized carbons (Fsp3) is 0.111. The maximum Gasteiger partial charge on any atom is 0.269 e. The van der Waals surface area contributed by atoms with E-state index in [0.717, 1.165) is 0 Å². The van der Waals surface area contributed by atoms with Crippen molar-refractivity contribution in [3.8, 4) is 0 Å². The van der Waals surface area contributed by atoms with Crippen molar-refractivity contribution in [1.29, 1.82) is 0 Å². The van der Waals surface area contributed by atoms with Crippen LogP contribution in [0.15, 0.2) is 41.3 Å². The van der Waals surface area contributed by atoms with Crippen molar-refractivity contribution >= 4 is 12.6 Å². The lowest BCUT2D eigenvalue weighted by atomic mass is 10.1. The third-order valence-corrected chi connectivity index (χ3v) is 1.91. The van der Waals surface area contributed by atoms with Crippen molar-refractivity contribution in [1.82, 2.24) is 0 Å². The van der Waals surface area contributed by atoms with Gasteiger partial charge in [-0.3, -0.25) is 0 Å². The van der Waals surface area contributed by atoms with Gasteiger partial charge >= 0.3 is 0 Å². The van der Waals surface area contributed by atoms with Crippen LogP contribution >= 0.6 is 12.6 Å². The number of benzene rings is 1. The van der Waals surface area contributed by atoms with Gasteiger partial charge in [-0.2, -0.15) is 8.78 Å². The Kier molecular flexibility index (Phi) is 3.42. The highest BCUT2D eigenvalue weighted by Crippen LogP contribution is 2.26. The van der Waals surface area contributed by atoms with Gasteiger partial charge in [-0.1, -0.05) is 18.2 Å².